The number of fused-ring (bicyclic) bond motifs is 1. The summed E-state index contributed by atoms with van der Waals surface area (Å²) in [6, 6.07) is 9.73. The van der Waals surface area contributed by atoms with E-state index in [4.69, 9.17) is 0 Å². The average Bonchev–Trinajstić information content (AvgIpc) is 2.99. The zero-order valence-electron chi connectivity index (χ0n) is 12.0. The van der Waals surface area contributed by atoms with Gasteiger partial charge in [-0.05, 0) is 12.1 Å². The van der Waals surface area contributed by atoms with Gasteiger partial charge < -0.3 is 15.1 Å². The minimum atomic E-state index is -0.0156. The SMILES string of the molecule is OCCN(CCO)c1ncnc2c1cnn2-c1ccccc1. The van der Waals surface area contributed by atoms with Crippen LogP contribution in [-0.4, -0.2) is 56.3 Å². The fourth-order valence-electron chi connectivity index (χ4n) is 2.41. The number of aliphatic hydroxyl groups excluding tert-OH is 2. The summed E-state index contributed by atoms with van der Waals surface area (Å²) in [7, 11) is 0. The molecule has 2 N–H and O–H groups in total. The molecule has 0 aliphatic rings. The summed E-state index contributed by atoms with van der Waals surface area (Å²) in [5.41, 5.74) is 1.61. The van der Waals surface area contributed by atoms with Crippen LogP contribution in [0.3, 0.4) is 0 Å². The van der Waals surface area contributed by atoms with Gasteiger partial charge in [0.15, 0.2) is 5.65 Å². The first-order valence-corrected chi connectivity index (χ1v) is 7.06. The van der Waals surface area contributed by atoms with Crippen molar-refractivity contribution in [1.29, 1.82) is 0 Å². The highest BCUT2D eigenvalue weighted by atomic mass is 16.3. The predicted molar refractivity (Wildman–Crippen MR) is 83.0 cm³/mol. The van der Waals surface area contributed by atoms with Crippen LogP contribution in [0.4, 0.5) is 5.82 Å². The molecular formula is C15H17N5O2. The molecule has 3 aromatic rings. The maximum atomic E-state index is 9.19. The van der Waals surface area contributed by atoms with Crippen LogP contribution in [-0.2, 0) is 0 Å². The van der Waals surface area contributed by atoms with Crippen molar-refractivity contribution in [3.05, 3.63) is 42.9 Å². The van der Waals surface area contributed by atoms with Gasteiger partial charge in [-0.25, -0.2) is 14.6 Å². The third-order valence-electron chi connectivity index (χ3n) is 3.38. The van der Waals surface area contributed by atoms with Gasteiger partial charge >= 0.3 is 0 Å². The Hall–Kier alpha value is -2.51. The van der Waals surface area contributed by atoms with Gasteiger partial charge in [-0.2, -0.15) is 5.10 Å². The number of nitrogens with zero attached hydrogens (tertiary/aromatic N) is 5. The Balaban J connectivity index is 2.09. The van der Waals surface area contributed by atoms with Crippen molar-refractivity contribution < 1.29 is 10.2 Å². The Bertz CT molecular complexity index is 738. The topological polar surface area (TPSA) is 87.3 Å². The smallest absolute Gasteiger partial charge is 0.168 e. The highest BCUT2D eigenvalue weighted by molar-refractivity contribution is 5.87. The number of aromatic nitrogens is 4. The van der Waals surface area contributed by atoms with Crippen LogP contribution in [0.2, 0.25) is 0 Å². The summed E-state index contributed by atoms with van der Waals surface area (Å²) < 4.78 is 1.75. The molecule has 1 aromatic carbocycles. The minimum Gasteiger partial charge on any atom is -0.395 e. The lowest BCUT2D eigenvalue weighted by atomic mass is 10.3. The van der Waals surface area contributed by atoms with Gasteiger partial charge in [-0.1, -0.05) is 18.2 Å². The summed E-state index contributed by atoms with van der Waals surface area (Å²) >= 11 is 0. The predicted octanol–water partition coefficient (Wildman–Crippen LogP) is 0.606. The largest absolute Gasteiger partial charge is 0.395 e. The molecule has 0 radical (unpaired) electrons. The van der Waals surface area contributed by atoms with Crippen LogP contribution in [0.1, 0.15) is 0 Å². The number of aliphatic hydroxyl groups is 2. The third-order valence-corrected chi connectivity index (χ3v) is 3.38. The van der Waals surface area contributed by atoms with Crippen molar-refractivity contribution in [3.63, 3.8) is 0 Å². The molecule has 114 valence electrons. The standard InChI is InChI=1S/C15H17N5O2/c21-8-6-19(7-9-22)14-13-10-18-20(15(13)17-11-16-14)12-4-2-1-3-5-12/h1-5,10-11,21-22H,6-9H2. The molecule has 0 saturated carbocycles. The molecule has 0 saturated heterocycles. The molecule has 0 aliphatic carbocycles. The van der Waals surface area contributed by atoms with E-state index in [1.165, 1.54) is 6.33 Å². The highest BCUT2D eigenvalue weighted by Gasteiger charge is 2.15. The lowest BCUT2D eigenvalue weighted by Crippen LogP contribution is -2.30. The maximum absolute atomic E-state index is 9.19. The number of hydrogen-bond acceptors (Lipinski definition) is 6. The molecule has 2 aromatic heterocycles. The highest BCUT2D eigenvalue weighted by Crippen LogP contribution is 2.24. The molecule has 0 aliphatic heterocycles. The van der Waals surface area contributed by atoms with E-state index >= 15 is 0 Å². The van der Waals surface area contributed by atoms with Crippen molar-refractivity contribution >= 4 is 16.9 Å². The summed E-state index contributed by atoms with van der Waals surface area (Å²) in [6.45, 7) is 0.753. The number of hydrogen-bond donors (Lipinski definition) is 2. The van der Waals surface area contributed by atoms with Gasteiger partial charge in [-0.3, -0.25) is 0 Å². The van der Waals surface area contributed by atoms with E-state index in [1.54, 1.807) is 10.9 Å². The zero-order valence-corrected chi connectivity index (χ0v) is 12.0. The van der Waals surface area contributed by atoms with E-state index in [0.717, 1.165) is 11.1 Å². The zero-order chi connectivity index (χ0) is 15.4. The second kappa shape index (κ2) is 6.50. The Morgan fingerprint density at radius 3 is 2.41 bits per heavy atom. The first-order valence-electron chi connectivity index (χ1n) is 7.06. The third kappa shape index (κ3) is 2.63. The Morgan fingerprint density at radius 1 is 1.00 bits per heavy atom. The van der Waals surface area contributed by atoms with Crippen LogP contribution in [0, 0.1) is 0 Å². The first-order chi connectivity index (χ1) is 10.8. The molecule has 0 unspecified atom stereocenters. The van der Waals surface area contributed by atoms with Crippen molar-refractivity contribution in [2.45, 2.75) is 0 Å². The van der Waals surface area contributed by atoms with Crippen LogP contribution >= 0.6 is 0 Å². The Labute approximate surface area is 127 Å². The molecule has 3 rings (SSSR count). The van der Waals surface area contributed by atoms with Crippen LogP contribution in [0.5, 0.6) is 0 Å². The van der Waals surface area contributed by atoms with Gasteiger partial charge in [-0.15, -0.1) is 0 Å². The molecule has 0 bridgehead atoms. The van der Waals surface area contributed by atoms with Gasteiger partial charge in [0.25, 0.3) is 0 Å². The normalized spacial score (nSPS) is 11.0. The van der Waals surface area contributed by atoms with Crippen molar-refractivity contribution in [2.24, 2.45) is 0 Å². The lowest BCUT2D eigenvalue weighted by Gasteiger charge is -2.21. The van der Waals surface area contributed by atoms with Crippen molar-refractivity contribution in [3.8, 4) is 5.69 Å². The quantitative estimate of drug-likeness (QED) is 0.693. The monoisotopic (exact) mass is 299 g/mol. The molecule has 7 heteroatoms. The fourth-order valence-corrected chi connectivity index (χ4v) is 2.41. The second-order valence-electron chi connectivity index (χ2n) is 4.76. The van der Waals surface area contributed by atoms with Gasteiger partial charge in [0.1, 0.15) is 12.1 Å². The van der Waals surface area contributed by atoms with E-state index in [-0.39, 0.29) is 13.2 Å². The summed E-state index contributed by atoms with van der Waals surface area (Å²) in [4.78, 5) is 10.4. The summed E-state index contributed by atoms with van der Waals surface area (Å²) in [5, 5.41) is 23.6. The molecular weight excluding hydrogens is 282 g/mol. The molecule has 0 amide bonds. The summed E-state index contributed by atoms with van der Waals surface area (Å²) in [6.07, 6.45) is 3.18. The molecule has 7 nitrogen and oxygen atoms in total. The lowest BCUT2D eigenvalue weighted by molar-refractivity contribution is 0.281. The van der Waals surface area contributed by atoms with Crippen molar-refractivity contribution in [1.82, 2.24) is 19.7 Å². The summed E-state index contributed by atoms with van der Waals surface area (Å²) in [5.74, 6) is 0.662. The van der Waals surface area contributed by atoms with Crippen molar-refractivity contribution in [2.75, 3.05) is 31.2 Å². The molecule has 22 heavy (non-hydrogen) atoms. The number of rotatable bonds is 6. The minimum absolute atomic E-state index is 0.0156. The first kappa shape index (κ1) is 14.4. The second-order valence-corrected chi connectivity index (χ2v) is 4.76. The van der Waals surface area contributed by atoms with E-state index in [2.05, 4.69) is 15.1 Å². The maximum Gasteiger partial charge on any atom is 0.168 e. The number of anilines is 1. The van der Waals surface area contributed by atoms with E-state index < -0.39 is 0 Å². The number of para-hydroxylation sites is 1. The fraction of sp³-hybridized carbons (Fsp3) is 0.267. The number of benzene rings is 1. The van der Waals surface area contributed by atoms with E-state index in [0.29, 0.717) is 24.6 Å². The van der Waals surface area contributed by atoms with Gasteiger partial charge in [0.05, 0.1) is 30.5 Å². The Morgan fingerprint density at radius 2 is 1.73 bits per heavy atom. The van der Waals surface area contributed by atoms with Crippen LogP contribution in [0.25, 0.3) is 16.7 Å². The van der Waals surface area contributed by atoms with E-state index in [1.807, 2.05) is 35.2 Å². The van der Waals surface area contributed by atoms with Crippen LogP contribution < -0.4 is 4.90 Å². The molecule has 0 atom stereocenters. The average molecular weight is 299 g/mol. The van der Waals surface area contributed by atoms with E-state index in [9.17, 15) is 10.2 Å². The molecule has 0 spiro atoms. The van der Waals surface area contributed by atoms with Gasteiger partial charge in [0.2, 0.25) is 0 Å². The Kier molecular flexibility index (Phi) is 4.27. The molecule has 2 heterocycles. The van der Waals surface area contributed by atoms with Gasteiger partial charge in [0, 0.05) is 13.1 Å². The molecule has 0 fully saturated rings. The van der Waals surface area contributed by atoms with Crippen LogP contribution in [0.15, 0.2) is 42.9 Å².